The molecule has 0 aliphatic rings. The molecular weight excluding hydrogens is 232 g/mol. The number of carbonyl (C=O) groups is 2. The topological polar surface area (TPSA) is 59.5 Å². The van der Waals surface area contributed by atoms with Gasteiger partial charge in [0.05, 0.1) is 20.0 Å². The first-order valence-electron chi connectivity index (χ1n) is 5.91. The molecule has 18 heavy (non-hydrogen) atoms. The smallest absolute Gasteiger partial charge is 0.307 e. The van der Waals surface area contributed by atoms with Crippen molar-refractivity contribution in [1.82, 2.24) is 9.88 Å². The van der Waals surface area contributed by atoms with Crippen LogP contribution < -0.4 is 0 Å². The van der Waals surface area contributed by atoms with Crippen LogP contribution in [-0.2, 0) is 20.7 Å². The molecule has 0 unspecified atom stereocenters. The third kappa shape index (κ3) is 4.53. The molecule has 1 heterocycles. The number of methoxy groups -OCH3 is 1. The van der Waals surface area contributed by atoms with Gasteiger partial charge in [-0.3, -0.25) is 14.6 Å². The van der Waals surface area contributed by atoms with Gasteiger partial charge in [0, 0.05) is 25.0 Å². The fourth-order valence-corrected chi connectivity index (χ4v) is 1.56. The summed E-state index contributed by atoms with van der Waals surface area (Å²) in [4.78, 5) is 28.8. The Morgan fingerprint density at radius 3 is 2.72 bits per heavy atom. The van der Waals surface area contributed by atoms with Crippen LogP contribution >= 0.6 is 0 Å². The van der Waals surface area contributed by atoms with Crippen LogP contribution in [0.4, 0.5) is 0 Å². The van der Waals surface area contributed by atoms with Crippen molar-refractivity contribution < 1.29 is 14.3 Å². The van der Waals surface area contributed by atoms with Gasteiger partial charge in [-0.2, -0.15) is 0 Å². The Morgan fingerprint density at radius 1 is 1.39 bits per heavy atom. The Hall–Kier alpha value is -1.91. The quantitative estimate of drug-likeness (QED) is 0.708. The summed E-state index contributed by atoms with van der Waals surface area (Å²) in [5, 5.41) is 0. The minimum absolute atomic E-state index is 0.0277. The third-order valence-electron chi connectivity index (χ3n) is 2.61. The van der Waals surface area contributed by atoms with Crippen LogP contribution in [0.15, 0.2) is 24.4 Å². The zero-order valence-electron chi connectivity index (χ0n) is 10.8. The van der Waals surface area contributed by atoms with E-state index in [1.807, 2.05) is 25.1 Å². The molecule has 1 rings (SSSR count). The monoisotopic (exact) mass is 250 g/mol. The highest BCUT2D eigenvalue weighted by Gasteiger charge is 2.14. The first kappa shape index (κ1) is 14.2. The van der Waals surface area contributed by atoms with Crippen LogP contribution in [0.5, 0.6) is 0 Å². The van der Waals surface area contributed by atoms with Crippen molar-refractivity contribution in [1.29, 1.82) is 0 Å². The highest BCUT2D eigenvalue weighted by atomic mass is 16.5. The van der Waals surface area contributed by atoms with E-state index in [1.54, 1.807) is 11.1 Å². The second-order valence-corrected chi connectivity index (χ2v) is 3.80. The Balaban J connectivity index is 2.49. The first-order chi connectivity index (χ1) is 8.67. The van der Waals surface area contributed by atoms with Gasteiger partial charge in [-0.05, 0) is 19.1 Å². The summed E-state index contributed by atoms with van der Waals surface area (Å²) in [7, 11) is 1.34. The lowest BCUT2D eigenvalue weighted by molar-refractivity contribution is -0.141. The summed E-state index contributed by atoms with van der Waals surface area (Å²) in [6, 6.07) is 5.47. The Kier molecular flexibility index (Phi) is 5.84. The summed E-state index contributed by atoms with van der Waals surface area (Å²) < 4.78 is 4.55. The fourth-order valence-electron chi connectivity index (χ4n) is 1.56. The maximum atomic E-state index is 12.0. The van der Waals surface area contributed by atoms with Gasteiger partial charge >= 0.3 is 5.97 Å². The molecule has 0 fully saturated rings. The predicted octanol–water partition coefficient (Wildman–Crippen LogP) is 1.04. The predicted molar refractivity (Wildman–Crippen MR) is 66.8 cm³/mol. The second kappa shape index (κ2) is 7.42. The number of amides is 1. The number of pyridine rings is 1. The van der Waals surface area contributed by atoms with Crippen molar-refractivity contribution in [3.05, 3.63) is 30.1 Å². The SMILES string of the molecule is CCN(CCC(=O)OC)C(=O)Cc1ccccn1. The number of hydrogen-bond acceptors (Lipinski definition) is 4. The lowest BCUT2D eigenvalue weighted by Gasteiger charge is -2.20. The summed E-state index contributed by atoms with van der Waals surface area (Å²) in [6.07, 6.45) is 2.14. The first-order valence-corrected chi connectivity index (χ1v) is 5.91. The molecule has 0 N–H and O–H groups in total. The van der Waals surface area contributed by atoms with Crippen molar-refractivity contribution in [2.75, 3.05) is 20.2 Å². The lowest BCUT2D eigenvalue weighted by atomic mass is 10.2. The van der Waals surface area contributed by atoms with Crippen LogP contribution in [0.25, 0.3) is 0 Å². The minimum Gasteiger partial charge on any atom is -0.469 e. The summed E-state index contributed by atoms with van der Waals surface area (Å²) in [5.74, 6) is -0.334. The summed E-state index contributed by atoms with van der Waals surface area (Å²) >= 11 is 0. The minimum atomic E-state index is -0.306. The molecule has 0 saturated carbocycles. The third-order valence-corrected chi connectivity index (χ3v) is 2.61. The van der Waals surface area contributed by atoms with Gasteiger partial charge in [0.25, 0.3) is 0 Å². The van der Waals surface area contributed by atoms with Crippen molar-refractivity contribution in [2.45, 2.75) is 19.8 Å². The number of aromatic nitrogens is 1. The Bertz CT molecular complexity index is 392. The Morgan fingerprint density at radius 2 is 2.17 bits per heavy atom. The normalized spacial score (nSPS) is 9.89. The molecule has 98 valence electrons. The average Bonchev–Trinajstić information content (AvgIpc) is 2.40. The number of nitrogens with zero attached hydrogens (tertiary/aromatic N) is 2. The largest absolute Gasteiger partial charge is 0.469 e. The van der Waals surface area contributed by atoms with E-state index >= 15 is 0 Å². The van der Waals surface area contributed by atoms with Gasteiger partial charge in [-0.1, -0.05) is 6.07 Å². The molecule has 0 atom stereocenters. The van der Waals surface area contributed by atoms with Crippen molar-refractivity contribution >= 4 is 11.9 Å². The number of hydrogen-bond donors (Lipinski definition) is 0. The van der Waals surface area contributed by atoms with E-state index in [-0.39, 0.29) is 24.7 Å². The molecule has 0 saturated heterocycles. The molecule has 0 bridgehead atoms. The van der Waals surface area contributed by atoms with Gasteiger partial charge in [0.1, 0.15) is 0 Å². The molecule has 5 heteroatoms. The number of rotatable bonds is 6. The van der Waals surface area contributed by atoms with Crippen LogP contribution in [0.3, 0.4) is 0 Å². The van der Waals surface area contributed by atoms with E-state index in [2.05, 4.69) is 9.72 Å². The maximum absolute atomic E-state index is 12.0. The summed E-state index contributed by atoms with van der Waals surface area (Å²) in [6.45, 7) is 2.84. The molecule has 1 aromatic heterocycles. The summed E-state index contributed by atoms with van der Waals surface area (Å²) in [5.41, 5.74) is 0.735. The molecule has 0 aliphatic carbocycles. The lowest BCUT2D eigenvalue weighted by Crippen LogP contribution is -2.34. The van der Waals surface area contributed by atoms with E-state index in [1.165, 1.54) is 7.11 Å². The van der Waals surface area contributed by atoms with Crippen LogP contribution in [0.1, 0.15) is 19.0 Å². The number of carbonyl (C=O) groups excluding carboxylic acids is 2. The average molecular weight is 250 g/mol. The maximum Gasteiger partial charge on any atom is 0.307 e. The van der Waals surface area contributed by atoms with E-state index in [9.17, 15) is 9.59 Å². The number of ether oxygens (including phenoxy) is 1. The molecule has 0 aromatic carbocycles. The van der Waals surface area contributed by atoms with Crippen molar-refractivity contribution in [3.8, 4) is 0 Å². The molecule has 0 spiro atoms. The zero-order valence-corrected chi connectivity index (χ0v) is 10.8. The van der Waals surface area contributed by atoms with Crippen LogP contribution in [0, 0.1) is 0 Å². The van der Waals surface area contributed by atoms with Crippen molar-refractivity contribution in [2.24, 2.45) is 0 Å². The van der Waals surface area contributed by atoms with Gasteiger partial charge < -0.3 is 9.64 Å². The molecule has 1 aromatic rings. The fraction of sp³-hybridized carbons (Fsp3) is 0.462. The van der Waals surface area contributed by atoms with Gasteiger partial charge in [-0.15, -0.1) is 0 Å². The Labute approximate surface area is 107 Å². The number of esters is 1. The van der Waals surface area contributed by atoms with Gasteiger partial charge in [0.2, 0.25) is 5.91 Å². The highest BCUT2D eigenvalue weighted by molar-refractivity contribution is 5.79. The zero-order chi connectivity index (χ0) is 13.4. The van der Waals surface area contributed by atoms with Gasteiger partial charge in [0.15, 0.2) is 0 Å². The van der Waals surface area contributed by atoms with E-state index in [4.69, 9.17) is 0 Å². The van der Waals surface area contributed by atoms with E-state index in [0.717, 1.165) is 5.69 Å². The molecule has 0 radical (unpaired) electrons. The second-order valence-electron chi connectivity index (χ2n) is 3.80. The number of likely N-dealkylation sites (N-methyl/N-ethyl adjacent to an activating group) is 1. The molecule has 0 aliphatic heterocycles. The van der Waals surface area contributed by atoms with Crippen LogP contribution in [-0.4, -0.2) is 42.0 Å². The van der Waals surface area contributed by atoms with Crippen molar-refractivity contribution in [3.63, 3.8) is 0 Å². The van der Waals surface area contributed by atoms with E-state index < -0.39 is 0 Å². The van der Waals surface area contributed by atoms with Gasteiger partial charge in [-0.25, -0.2) is 0 Å². The molecule has 5 nitrogen and oxygen atoms in total. The molecular formula is C13H18N2O3. The van der Waals surface area contributed by atoms with E-state index in [0.29, 0.717) is 13.1 Å². The highest BCUT2D eigenvalue weighted by Crippen LogP contribution is 2.01. The standard InChI is InChI=1S/C13H18N2O3/c1-3-15(9-7-13(17)18-2)12(16)10-11-6-4-5-8-14-11/h4-6,8H,3,7,9-10H2,1-2H3. The van der Waals surface area contributed by atoms with Crippen LogP contribution in [0.2, 0.25) is 0 Å². The molecule has 1 amide bonds.